The molecule has 4 aromatic rings. The van der Waals surface area contributed by atoms with Crippen LogP contribution in [0.2, 0.25) is 0 Å². The van der Waals surface area contributed by atoms with Gasteiger partial charge >= 0.3 is 0 Å². The highest BCUT2D eigenvalue weighted by Crippen LogP contribution is 2.36. The molecule has 0 unspecified atom stereocenters. The van der Waals surface area contributed by atoms with Crippen molar-refractivity contribution >= 4 is 33.3 Å². The summed E-state index contributed by atoms with van der Waals surface area (Å²) in [6.07, 6.45) is 5.05. The van der Waals surface area contributed by atoms with Gasteiger partial charge in [-0.25, -0.2) is 19.9 Å². The normalized spacial score (nSPS) is 10.9. The minimum absolute atomic E-state index is 0.624. The van der Waals surface area contributed by atoms with Gasteiger partial charge in [-0.3, -0.25) is 0 Å². The second kappa shape index (κ2) is 7.67. The lowest BCUT2D eigenvalue weighted by molar-refractivity contribution is 1.02. The van der Waals surface area contributed by atoms with Crippen LogP contribution < -0.4 is 10.6 Å². The van der Waals surface area contributed by atoms with Crippen molar-refractivity contribution in [1.29, 1.82) is 0 Å². The van der Waals surface area contributed by atoms with E-state index in [1.807, 2.05) is 0 Å². The molecule has 0 aliphatic carbocycles. The number of anilines is 2. The molecule has 7 heteroatoms. The lowest BCUT2D eigenvalue weighted by Gasteiger charge is -2.10. The number of fused-ring (bicyclic) bond motifs is 1. The van der Waals surface area contributed by atoms with Gasteiger partial charge in [-0.15, -0.1) is 11.3 Å². The summed E-state index contributed by atoms with van der Waals surface area (Å²) in [5.74, 6) is 1.48. The molecule has 0 fully saturated rings. The molecule has 0 saturated heterocycles. The molecule has 4 rings (SSSR count). The molecular weight excluding hydrogens is 356 g/mol. The van der Waals surface area contributed by atoms with Crippen LogP contribution in [-0.4, -0.2) is 33.0 Å². The van der Waals surface area contributed by atoms with Gasteiger partial charge < -0.3 is 10.6 Å². The van der Waals surface area contributed by atoms with Gasteiger partial charge in [0.2, 0.25) is 5.95 Å². The van der Waals surface area contributed by atoms with Crippen LogP contribution in [0.1, 0.15) is 11.1 Å². The van der Waals surface area contributed by atoms with Crippen molar-refractivity contribution in [1.82, 2.24) is 19.9 Å². The molecule has 27 heavy (non-hydrogen) atoms. The van der Waals surface area contributed by atoms with Crippen molar-refractivity contribution in [2.24, 2.45) is 0 Å². The molecule has 6 nitrogen and oxygen atoms in total. The van der Waals surface area contributed by atoms with Gasteiger partial charge in [-0.05, 0) is 36.6 Å². The molecular formula is C20H20N6S. The summed E-state index contributed by atoms with van der Waals surface area (Å²) in [6.45, 7) is 5.66. The van der Waals surface area contributed by atoms with Crippen LogP contribution in [0.25, 0.3) is 21.3 Å². The zero-order valence-corrected chi connectivity index (χ0v) is 16.0. The molecule has 2 N–H and O–H groups in total. The Morgan fingerprint density at radius 1 is 0.926 bits per heavy atom. The molecule has 3 heterocycles. The van der Waals surface area contributed by atoms with E-state index in [0.717, 1.165) is 16.0 Å². The quantitative estimate of drug-likeness (QED) is 0.489. The van der Waals surface area contributed by atoms with Crippen molar-refractivity contribution in [2.75, 3.05) is 23.7 Å². The van der Waals surface area contributed by atoms with Crippen molar-refractivity contribution in [3.8, 4) is 11.1 Å². The number of thiophene rings is 1. The average molecular weight is 376 g/mol. The van der Waals surface area contributed by atoms with Gasteiger partial charge in [0.25, 0.3) is 0 Å². The predicted molar refractivity (Wildman–Crippen MR) is 111 cm³/mol. The third-order valence-electron chi connectivity index (χ3n) is 4.45. The Labute approximate surface area is 161 Å². The van der Waals surface area contributed by atoms with Crippen molar-refractivity contribution in [2.45, 2.75) is 13.8 Å². The van der Waals surface area contributed by atoms with E-state index in [4.69, 9.17) is 0 Å². The fourth-order valence-corrected chi connectivity index (χ4v) is 3.79. The summed E-state index contributed by atoms with van der Waals surface area (Å²) in [4.78, 5) is 18.2. The van der Waals surface area contributed by atoms with Crippen molar-refractivity contribution in [3.63, 3.8) is 0 Å². The lowest BCUT2D eigenvalue weighted by Crippen LogP contribution is -2.15. The summed E-state index contributed by atoms with van der Waals surface area (Å²) in [5.41, 5.74) is 4.94. The Bertz CT molecular complexity index is 1060. The van der Waals surface area contributed by atoms with Crippen LogP contribution in [0.3, 0.4) is 0 Å². The standard InChI is InChI=1S/C20H20N6S/c1-13-4-5-15(10-14(13)2)16-11-27-19-17(16)18(25-12-26-19)21-8-9-24-20-22-6-3-7-23-20/h3-7,10-12H,8-9H2,1-2H3,(H,21,25,26)(H,22,23,24). The summed E-state index contributed by atoms with van der Waals surface area (Å²) < 4.78 is 0. The second-order valence-electron chi connectivity index (χ2n) is 6.28. The van der Waals surface area contributed by atoms with Gasteiger partial charge in [0.15, 0.2) is 0 Å². The van der Waals surface area contributed by atoms with Crippen LogP contribution in [0.5, 0.6) is 0 Å². The van der Waals surface area contributed by atoms with Crippen LogP contribution in [0, 0.1) is 13.8 Å². The second-order valence-corrected chi connectivity index (χ2v) is 7.13. The Kier molecular flexibility index (Phi) is 4.93. The number of hydrogen-bond acceptors (Lipinski definition) is 7. The number of nitrogens with one attached hydrogen (secondary N) is 2. The average Bonchev–Trinajstić information content (AvgIpc) is 3.13. The third kappa shape index (κ3) is 3.73. The molecule has 1 aromatic carbocycles. The summed E-state index contributed by atoms with van der Waals surface area (Å²) >= 11 is 1.64. The molecule has 0 spiro atoms. The van der Waals surface area contributed by atoms with Gasteiger partial charge in [-0.1, -0.05) is 18.2 Å². The molecule has 0 saturated carbocycles. The number of nitrogens with zero attached hydrogens (tertiary/aromatic N) is 4. The number of aryl methyl sites for hydroxylation is 2. The maximum absolute atomic E-state index is 4.48. The highest BCUT2D eigenvalue weighted by atomic mass is 32.1. The molecule has 0 aliphatic heterocycles. The van der Waals surface area contributed by atoms with Gasteiger partial charge in [0.1, 0.15) is 17.0 Å². The Morgan fingerprint density at radius 3 is 2.56 bits per heavy atom. The smallest absolute Gasteiger partial charge is 0.222 e. The SMILES string of the molecule is Cc1ccc(-c2csc3ncnc(NCCNc4ncccn4)c23)cc1C. The first-order valence-corrected chi connectivity index (χ1v) is 9.65. The van der Waals surface area contributed by atoms with Crippen LogP contribution in [-0.2, 0) is 0 Å². The predicted octanol–water partition coefficient (Wildman–Crippen LogP) is 4.29. The fraction of sp³-hybridized carbons (Fsp3) is 0.200. The minimum Gasteiger partial charge on any atom is -0.368 e. The molecule has 0 atom stereocenters. The van der Waals surface area contributed by atoms with Crippen LogP contribution in [0.15, 0.2) is 48.4 Å². The molecule has 136 valence electrons. The summed E-state index contributed by atoms with van der Waals surface area (Å²) in [5, 5.41) is 9.84. The fourth-order valence-electron chi connectivity index (χ4n) is 2.88. The zero-order valence-electron chi connectivity index (χ0n) is 15.2. The first-order chi connectivity index (χ1) is 13.2. The maximum Gasteiger partial charge on any atom is 0.222 e. The number of rotatable bonds is 6. The Hall–Kier alpha value is -3.06. The van der Waals surface area contributed by atoms with E-state index in [9.17, 15) is 0 Å². The topological polar surface area (TPSA) is 75.6 Å². The Morgan fingerprint density at radius 2 is 1.74 bits per heavy atom. The van der Waals surface area contributed by atoms with Gasteiger partial charge in [0.05, 0.1) is 5.39 Å². The number of aromatic nitrogens is 4. The maximum atomic E-state index is 4.48. The van der Waals surface area contributed by atoms with E-state index in [-0.39, 0.29) is 0 Å². The molecule has 0 aliphatic rings. The monoisotopic (exact) mass is 376 g/mol. The number of benzene rings is 1. The van der Waals surface area contributed by atoms with Crippen LogP contribution in [0.4, 0.5) is 11.8 Å². The van der Waals surface area contributed by atoms with Crippen LogP contribution >= 0.6 is 11.3 Å². The highest BCUT2D eigenvalue weighted by molar-refractivity contribution is 7.17. The molecule has 0 radical (unpaired) electrons. The summed E-state index contributed by atoms with van der Waals surface area (Å²) in [6, 6.07) is 8.34. The van der Waals surface area contributed by atoms with Crippen molar-refractivity contribution in [3.05, 3.63) is 59.5 Å². The third-order valence-corrected chi connectivity index (χ3v) is 5.34. The van der Waals surface area contributed by atoms with Gasteiger partial charge in [-0.2, -0.15) is 0 Å². The lowest BCUT2D eigenvalue weighted by atomic mass is 10.0. The largest absolute Gasteiger partial charge is 0.368 e. The minimum atomic E-state index is 0.624. The van der Waals surface area contributed by atoms with Gasteiger partial charge in [0, 0.05) is 36.4 Å². The van der Waals surface area contributed by atoms with E-state index in [2.05, 4.69) is 68.0 Å². The van der Waals surface area contributed by atoms with E-state index in [0.29, 0.717) is 19.0 Å². The van der Waals surface area contributed by atoms with E-state index in [1.165, 1.54) is 22.3 Å². The van der Waals surface area contributed by atoms with E-state index >= 15 is 0 Å². The molecule has 3 aromatic heterocycles. The first-order valence-electron chi connectivity index (χ1n) is 8.77. The molecule has 0 bridgehead atoms. The number of hydrogen-bond donors (Lipinski definition) is 2. The van der Waals surface area contributed by atoms with E-state index < -0.39 is 0 Å². The first kappa shape index (κ1) is 17.4. The summed E-state index contributed by atoms with van der Waals surface area (Å²) in [7, 11) is 0. The highest BCUT2D eigenvalue weighted by Gasteiger charge is 2.13. The Balaban J connectivity index is 1.56. The zero-order chi connectivity index (χ0) is 18.6. The van der Waals surface area contributed by atoms with E-state index in [1.54, 1.807) is 36.1 Å². The van der Waals surface area contributed by atoms with Crippen molar-refractivity contribution < 1.29 is 0 Å². The molecule has 0 amide bonds.